The Balaban J connectivity index is 2.08. The SMILES string of the molecule is NC(=O)c1c(N2N=CC=CN2)ccc2c1OC(S(N)(=O)=O)O2. The van der Waals surface area contributed by atoms with Gasteiger partial charge in [0.1, 0.15) is 11.3 Å². The molecule has 3 rings (SSSR count). The average molecular weight is 325 g/mol. The lowest BCUT2D eigenvalue weighted by molar-refractivity contribution is 0.0988. The molecule has 0 aromatic heterocycles. The van der Waals surface area contributed by atoms with Crippen LogP contribution >= 0.6 is 0 Å². The third kappa shape index (κ3) is 2.31. The van der Waals surface area contributed by atoms with E-state index < -0.39 is 21.6 Å². The van der Waals surface area contributed by atoms with Gasteiger partial charge < -0.3 is 15.2 Å². The largest absolute Gasteiger partial charge is 0.437 e. The normalized spacial score (nSPS) is 19.1. The number of primary amides is 1. The maximum Gasteiger partial charge on any atom is 0.360 e. The highest BCUT2D eigenvalue weighted by molar-refractivity contribution is 7.89. The van der Waals surface area contributed by atoms with Crippen molar-refractivity contribution in [3.8, 4) is 11.5 Å². The number of hydrogen-bond donors (Lipinski definition) is 3. The second-order valence-electron chi connectivity index (χ2n) is 4.33. The zero-order valence-corrected chi connectivity index (χ0v) is 11.8. The quantitative estimate of drug-likeness (QED) is 0.642. The summed E-state index contributed by atoms with van der Waals surface area (Å²) in [6, 6.07) is 2.91. The van der Waals surface area contributed by atoms with Crippen LogP contribution in [-0.2, 0) is 10.0 Å². The fourth-order valence-electron chi connectivity index (χ4n) is 1.96. The fraction of sp³-hybridized carbons (Fsp3) is 0.0909. The predicted molar refractivity (Wildman–Crippen MR) is 76.4 cm³/mol. The molecule has 1 atom stereocenters. The van der Waals surface area contributed by atoms with Gasteiger partial charge in [-0.2, -0.15) is 10.2 Å². The second-order valence-corrected chi connectivity index (χ2v) is 5.89. The first kappa shape index (κ1) is 14.2. The van der Waals surface area contributed by atoms with E-state index in [1.165, 1.54) is 23.5 Å². The van der Waals surface area contributed by atoms with Crippen molar-refractivity contribution in [3.63, 3.8) is 0 Å². The van der Waals surface area contributed by atoms with Crippen LogP contribution in [0.2, 0.25) is 0 Å². The van der Waals surface area contributed by atoms with Gasteiger partial charge in [-0.15, -0.1) is 0 Å². The Labute approximate surface area is 125 Å². The van der Waals surface area contributed by atoms with Crippen LogP contribution in [0, 0.1) is 0 Å². The summed E-state index contributed by atoms with van der Waals surface area (Å²) in [6.07, 6.45) is 4.71. The van der Waals surface area contributed by atoms with E-state index in [0.717, 1.165) is 0 Å². The number of rotatable bonds is 3. The van der Waals surface area contributed by atoms with Crippen LogP contribution in [0.4, 0.5) is 5.69 Å². The topological polar surface area (TPSA) is 149 Å². The molecule has 10 nitrogen and oxygen atoms in total. The molecule has 1 unspecified atom stereocenters. The van der Waals surface area contributed by atoms with E-state index in [9.17, 15) is 13.2 Å². The van der Waals surface area contributed by atoms with Gasteiger partial charge in [0, 0.05) is 6.20 Å². The number of allylic oxidation sites excluding steroid dienone is 1. The summed E-state index contributed by atoms with van der Waals surface area (Å²) in [4.78, 5) is 11.8. The van der Waals surface area contributed by atoms with Gasteiger partial charge in [0.15, 0.2) is 11.5 Å². The van der Waals surface area contributed by atoms with Gasteiger partial charge in [-0.1, -0.05) is 0 Å². The number of carbonyl (C=O) groups is 1. The molecule has 22 heavy (non-hydrogen) atoms. The summed E-state index contributed by atoms with van der Waals surface area (Å²) in [6.45, 7) is 0. The number of sulfonamides is 1. The zero-order valence-electron chi connectivity index (χ0n) is 11.0. The van der Waals surface area contributed by atoms with Crippen molar-refractivity contribution in [2.75, 3.05) is 5.12 Å². The molecule has 0 spiro atoms. The van der Waals surface area contributed by atoms with Crippen molar-refractivity contribution in [2.45, 2.75) is 5.62 Å². The number of anilines is 1. The lowest BCUT2D eigenvalue weighted by Crippen LogP contribution is -2.35. The molecule has 0 radical (unpaired) electrons. The molecular formula is C11H11N5O5S. The van der Waals surface area contributed by atoms with Crippen LogP contribution < -0.4 is 30.9 Å². The van der Waals surface area contributed by atoms with Gasteiger partial charge in [0.25, 0.3) is 15.9 Å². The number of nitrogens with one attached hydrogen (secondary N) is 1. The van der Waals surface area contributed by atoms with Crippen molar-refractivity contribution in [2.24, 2.45) is 16.0 Å². The molecule has 116 valence electrons. The number of hydrazine groups is 1. The molecule has 11 heteroatoms. The number of benzene rings is 1. The van der Waals surface area contributed by atoms with Gasteiger partial charge in [0.2, 0.25) is 0 Å². The van der Waals surface area contributed by atoms with Crippen LogP contribution in [0.15, 0.2) is 29.5 Å². The van der Waals surface area contributed by atoms with Crippen LogP contribution in [0.3, 0.4) is 0 Å². The van der Waals surface area contributed by atoms with Crippen molar-refractivity contribution in [1.82, 2.24) is 5.43 Å². The molecule has 2 heterocycles. The summed E-state index contributed by atoms with van der Waals surface area (Å²) < 4.78 is 32.9. The lowest BCUT2D eigenvalue weighted by atomic mass is 10.1. The third-order valence-corrected chi connectivity index (χ3v) is 3.57. The molecule has 1 amide bonds. The molecule has 0 bridgehead atoms. The number of carbonyl (C=O) groups excluding carboxylic acids is 1. The molecule has 0 saturated heterocycles. The smallest absolute Gasteiger partial charge is 0.360 e. The molecule has 1 aromatic carbocycles. The van der Waals surface area contributed by atoms with Crippen molar-refractivity contribution < 1.29 is 22.7 Å². The Morgan fingerprint density at radius 1 is 1.36 bits per heavy atom. The highest BCUT2D eigenvalue weighted by Crippen LogP contribution is 2.43. The number of hydrazone groups is 1. The van der Waals surface area contributed by atoms with Gasteiger partial charge >= 0.3 is 5.62 Å². The first-order valence-electron chi connectivity index (χ1n) is 5.95. The fourth-order valence-corrected chi connectivity index (χ4v) is 2.43. The van der Waals surface area contributed by atoms with Crippen molar-refractivity contribution in [3.05, 3.63) is 30.0 Å². The minimum atomic E-state index is -4.12. The van der Waals surface area contributed by atoms with Crippen LogP contribution in [-0.4, -0.2) is 26.2 Å². The van der Waals surface area contributed by atoms with E-state index in [4.69, 9.17) is 20.3 Å². The first-order chi connectivity index (χ1) is 10.4. The maximum absolute atomic E-state index is 11.8. The Bertz CT molecular complexity index is 803. The third-order valence-electron chi connectivity index (χ3n) is 2.84. The second kappa shape index (κ2) is 4.89. The van der Waals surface area contributed by atoms with Crippen molar-refractivity contribution >= 4 is 27.8 Å². The van der Waals surface area contributed by atoms with Crippen LogP contribution in [0.5, 0.6) is 11.5 Å². The molecule has 2 aliphatic rings. The molecule has 0 saturated carbocycles. The average Bonchev–Trinajstić information content (AvgIpc) is 2.91. The Hall–Kier alpha value is -2.79. The van der Waals surface area contributed by atoms with E-state index in [2.05, 4.69) is 10.5 Å². The Morgan fingerprint density at radius 3 is 2.73 bits per heavy atom. The Kier molecular flexibility index (Phi) is 3.15. The lowest BCUT2D eigenvalue weighted by Gasteiger charge is -2.22. The van der Waals surface area contributed by atoms with Crippen LogP contribution in [0.25, 0.3) is 0 Å². The van der Waals surface area contributed by atoms with Gasteiger partial charge in [0.05, 0.1) is 6.21 Å². The number of fused-ring (bicyclic) bond motifs is 1. The zero-order chi connectivity index (χ0) is 15.9. The summed E-state index contributed by atoms with van der Waals surface area (Å²) in [5.74, 6) is -0.888. The summed E-state index contributed by atoms with van der Waals surface area (Å²) in [7, 11) is -4.12. The Morgan fingerprint density at radius 2 is 2.14 bits per heavy atom. The van der Waals surface area contributed by atoms with Crippen LogP contribution in [0.1, 0.15) is 10.4 Å². The number of ether oxygens (including phenoxy) is 2. The molecular weight excluding hydrogens is 314 g/mol. The van der Waals surface area contributed by atoms with Gasteiger partial charge in [-0.05, 0) is 18.2 Å². The number of nitrogens with zero attached hydrogens (tertiary/aromatic N) is 2. The van der Waals surface area contributed by atoms with Crippen molar-refractivity contribution in [1.29, 1.82) is 0 Å². The number of primary sulfonamides is 1. The summed E-state index contributed by atoms with van der Waals surface area (Å²) in [5, 5.41) is 10.2. The van der Waals surface area contributed by atoms with Gasteiger partial charge in [-0.3, -0.25) is 10.2 Å². The highest BCUT2D eigenvalue weighted by atomic mass is 32.2. The molecule has 5 N–H and O–H groups in total. The maximum atomic E-state index is 11.8. The number of amides is 1. The highest BCUT2D eigenvalue weighted by Gasteiger charge is 2.37. The van der Waals surface area contributed by atoms with E-state index in [0.29, 0.717) is 0 Å². The van der Waals surface area contributed by atoms with E-state index >= 15 is 0 Å². The number of nitrogens with two attached hydrogens (primary N) is 2. The molecule has 1 aromatic rings. The van der Waals surface area contributed by atoms with E-state index in [1.54, 1.807) is 12.3 Å². The minimum Gasteiger partial charge on any atom is -0.437 e. The first-order valence-corrected chi connectivity index (χ1v) is 7.56. The monoisotopic (exact) mass is 325 g/mol. The predicted octanol–water partition coefficient (Wildman–Crippen LogP) is -1.05. The van der Waals surface area contributed by atoms with E-state index in [1.807, 2.05) is 0 Å². The molecule has 0 fully saturated rings. The van der Waals surface area contributed by atoms with E-state index in [-0.39, 0.29) is 22.7 Å². The molecule has 2 aliphatic heterocycles. The summed E-state index contributed by atoms with van der Waals surface area (Å²) >= 11 is 0. The standard InChI is InChI=1S/C11H11N5O5S/c12-10(17)8-6(16-14-4-1-5-15-16)2-3-7-9(8)21-11(20-7)22(13,18)19/h1-5,11,14H,(H2,12,17)(H2,13,18,19). The molecule has 0 aliphatic carbocycles. The van der Waals surface area contributed by atoms with Gasteiger partial charge in [-0.25, -0.2) is 13.6 Å². The number of hydrogen-bond acceptors (Lipinski definition) is 8. The summed E-state index contributed by atoms with van der Waals surface area (Å²) in [5.41, 5.74) is 6.60. The minimum absolute atomic E-state index is 0.0492.